The highest BCUT2D eigenvalue weighted by Gasteiger charge is 2.17. The van der Waals surface area contributed by atoms with Crippen molar-refractivity contribution in [3.8, 4) is 33.9 Å². The van der Waals surface area contributed by atoms with Gasteiger partial charge < -0.3 is 0 Å². The molecule has 0 saturated heterocycles. The number of fused-ring (bicyclic) bond motifs is 3. The molecule has 146 valence electrons. The zero-order valence-electron chi connectivity index (χ0n) is 16.8. The van der Waals surface area contributed by atoms with Crippen molar-refractivity contribution in [1.82, 2.24) is 14.4 Å². The summed E-state index contributed by atoms with van der Waals surface area (Å²) >= 11 is 0. The monoisotopic (exact) mass is 397 g/mol. The van der Waals surface area contributed by atoms with Crippen LogP contribution in [0.25, 0.3) is 50.3 Å². The molecule has 3 nitrogen and oxygen atoms in total. The normalized spacial score (nSPS) is 11.2. The summed E-state index contributed by atoms with van der Waals surface area (Å²) in [6.45, 7) is 0. The Morgan fingerprint density at radius 3 is 1.97 bits per heavy atom. The summed E-state index contributed by atoms with van der Waals surface area (Å²) in [5.41, 5.74) is 7.30. The van der Waals surface area contributed by atoms with Gasteiger partial charge in [-0.1, -0.05) is 91.0 Å². The second-order valence-electron chi connectivity index (χ2n) is 7.56. The lowest BCUT2D eigenvalue weighted by Gasteiger charge is -2.06. The molecule has 3 aromatic heterocycles. The number of pyridine rings is 2. The molecule has 0 aliphatic heterocycles. The van der Waals surface area contributed by atoms with Gasteiger partial charge in [-0.2, -0.15) is 0 Å². The van der Waals surface area contributed by atoms with E-state index in [0.717, 1.165) is 44.9 Å². The number of para-hydroxylation sites is 1. The first kappa shape index (κ1) is 17.6. The first-order chi connectivity index (χ1) is 15.4. The zero-order valence-corrected chi connectivity index (χ0v) is 16.8. The van der Waals surface area contributed by atoms with E-state index in [9.17, 15) is 0 Å². The molecule has 0 amide bonds. The van der Waals surface area contributed by atoms with Crippen molar-refractivity contribution in [2.75, 3.05) is 0 Å². The molecule has 3 heterocycles. The fourth-order valence-electron chi connectivity index (χ4n) is 4.14. The Morgan fingerprint density at radius 2 is 1.23 bits per heavy atom. The third-order valence-electron chi connectivity index (χ3n) is 5.66. The van der Waals surface area contributed by atoms with Crippen LogP contribution in [0, 0.1) is 0 Å². The third kappa shape index (κ3) is 2.99. The molecule has 0 bridgehead atoms. The first-order valence-electron chi connectivity index (χ1n) is 10.4. The van der Waals surface area contributed by atoms with E-state index < -0.39 is 0 Å². The van der Waals surface area contributed by atoms with Gasteiger partial charge in [0.2, 0.25) is 0 Å². The smallest absolute Gasteiger partial charge is 0.145 e. The Kier molecular flexibility index (Phi) is 4.10. The van der Waals surface area contributed by atoms with Crippen molar-refractivity contribution in [2.45, 2.75) is 0 Å². The molecule has 6 rings (SSSR count). The quantitative estimate of drug-likeness (QED) is 0.326. The minimum atomic E-state index is 0.870. The fraction of sp³-hybridized carbons (Fsp3) is 0. The molecule has 0 fully saturated rings. The molecular weight excluding hydrogens is 378 g/mol. The van der Waals surface area contributed by atoms with Gasteiger partial charge in [-0.15, -0.1) is 0 Å². The maximum atomic E-state index is 5.08. The summed E-state index contributed by atoms with van der Waals surface area (Å²) in [6, 6.07) is 37.6. The molecule has 0 unspecified atom stereocenters. The van der Waals surface area contributed by atoms with Crippen molar-refractivity contribution in [2.24, 2.45) is 0 Å². The van der Waals surface area contributed by atoms with Crippen molar-refractivity contribution >= 4 is 16.4 Å². The Bertz CT molecular complexity index is 1500. The average molecular weight is 397 g/mol. The topological polar surface area (TPSA) is 30.2 Å². The molecule has 3 heteroatoms. The van der Waals surface area contributed by atoms with Crippen LogP contribution < -0.4 is 0 Å². The van der Waals surface area contributed by atoms with Gasteiger partial charge in [0.15, 0.2) is 0 Å². The molecule has 0 spiro atoms. The van der Waals surface area contributed by atoms with Gasteiger partial charge in [0.1, 0.15) is 11.5 Å². The zero-order chi connectivity index (χ0) is 20.6. The van der Waals surface area contributed by atoms with Gasteiger partial charge in [-0.3, -0.25) is 9.38 Å². The van der Waals surface area contributed by atoms with E-state index in [2.05, 4.69) is 77.2 Å². The molecule has 31 heavy (non-hydrogen) atoms. The Labute approximate surface area is 180 Å². The number of benzene rings is 3. The van der Waals surface area contributed by atoms with Crippen LogP contribution in [-0.2, 0) is 0 Å². The summed E-state index contributed by atoms with van der Waals surface area (Å²) in [4.78, 5) is 9.87. The Morgan fingerprint density at radius 1 is 0.516 bits per heavy atom. The fourth-order valence-corrected chi connectivity index (χ4v) is 4.14. The van der Waals surface area contributed by atoms with E-state index in [4.69, 9.17) is 9.97 Å². The molecule has 0 aliphatic carbocycles. The van der Waals surface area contributed by atoms with Crippen molar-refractivity contribution < 1.29 is 0 Å². The lowest BCUT2D eigenvalue weighted by molar-refractivity contribution is 1.21. The van der Waals surface area contributed by atoms with Crippen molar-refractivity contribution in [3.05, 3.63) is 115 Å². The van der Waals surface area contributed by atoms with Gasteiger partial charge >= 0.3 is 0 Å². The van der Waals surface area contributed by atoms with Crippen LogP contribution in [0.5, 0.6) is 0 Å². The van der Waals surface area contributed by atoms with Crippen LogP contribution in [0.3, 0.4) is 0 Å². The number of nitrogens with zero attached hydrogens (tertiary/aromatic N) is 3. The maximum Gasteiger partial charge on any atom is 0.145 e. The van der Waals surface area contributed by atoms with Gasteiger partial charge in [0.05, 0.1) is 16.7 Å². The van der Waals surface area contributed by atoms with Crippen molar-refractivity contribution in [3.63, 3.8) is 0 Å². The van der Waals surface area contributed by atoms with Crippen LogP contribution >= 0.6 is 0 Å². The molecule has 0 N–H and O–H groups in total. The van der Waals surface area contributed by atoms with Crippen LogP contribution in [0.2, 0.25) is 0 Å². The number of rotatable bonds is 3. The van der Waals surface area contributed by atoms with Crippen LogP contribution in [0.1, 0.15) is 0 Å². The van der Waals surface area contributed by atoms with Crippen LogP contribution in [0.15, 0.2) is 115 Å². The molecule has 3 aromatic carbocycles. The summed E-state index contributed by atoms with van der Waals surface area (Å²) in [5, 5.41) is 1.18. The predicted molar refractivity (Wildman–Crippen MR) is 127 cm³/mol. The first-order valence-corrected chi connectivity index (χ1v) is 10.4. The Balaban J connectivity index is 1.58. The highest BCUT2D eigenvalue weighted by molar-refractivity contribution is 5.90. The molecule has 0 aliphatic rings. The SMILES string of the molecule is c1ccc(-c2ccc(-c3nc(-c4ccccc4)n4c3ccc3ccccc34)nc2)cc1. The molecule has 0 atom stereocenters. The number of aromatic nitrogens is 3. The van der Waals surface area contributed by atoms with Gasteiger partial charge in [-0.05, 0) is 29.1 Å². The lowest BCUT2D eigenvalue weighted by atomic mass is 10.1. The molecule has 0 saturated carbocycles. The molecule has 6 aromatic rings. The second-order valence-corrected chi connectivity index (χ2v) is 7.56. The average Bonchev–Trinajstić information content (AvgIpc) is 3.25. The van der Waals surface area contributed by atoms with E-state index in [1.807, 2.05) is 42.6 Å². The van der Waals surface area contributed by atoms with E-state index in [-0.39, 0.29) is 0 Å². The van der Waals surface area contributed by atoms with Gasteiger partial charge in [0, 0.05) is 17.3 Å². The van der Waals surface area contributed by atoms with Crippen LogP contribution in [0.4, 0.5) is 0 Å². The van der Waals surface area contributed by atoms with E-state index in [1.54, 1.807) is 0 Å². The third-order valence-corrected chi connectivity index (χ3v) is 5.66. The minimum Gasteiger partial charge on any atom is -0.292 e. The minimum absolute atomic E-state index is 0.870. The predicted octanol–water partition coefficient (Wildman–Crippen LogP) is 6.88. The largest absolute Gasteiger partial charge is 0.292 e. The summed E-state index contributed by atoms with van der Waals surface area (Å²) in [5.74, 6) is 0.927. The molecule has 0 radical (unpaired) electrons. The standard InChI is InChI=1S/C28H19N3/c1-3-9-20(10-4-1)23-15-17-24(29-19-23)27-26-18-16-21-11-7-8-14-25(21)31(26)28(30-27)22-12-5-2-6-13-22/h1-19H. The molecular formula is C28H19N3. The summed E-state index contributed by atoms with van der Waals surface area (Å²) in [7, 11) is 0. The lowest BCUT2D eigenvalue weighted by Crippen LogP contribution is -1.91. The summed E-state index contributed by atoms with van der Waals surface area (Å²) < 4.78 is 2.24. The van der Waals surface area contributed by atoms with Crippen LogP contribution in [-0.4, -0.2) is 14.4 Å². The van der Waals surface area contributed by atoms with Gasteiger partial charge in [0.25, 0.3) is 0 Å². The van der Waals surface area contributed by atoms with E-state index in [1.165, 1.54) is 5.39 Å². The number of hydrogen-bond donors (Lipinski definition) is 0. The highest BCUT2D eigenvalue weighted by Crippen LogP contribution is 2.32. The highest BCUT2D eigenvalue weighted by atomic mass is 15.0. The Hall–Kier alpha value is -4.24. The number of hydrogen-bond acceptors (Lipinski definition) is 2. The summed E-state index contributed by atoms with van der Waals surface area (Å²) in [6.07, 6.45) is 1.93. The van der Waals surface area contributed by atoms with Gasteiger partial charge in [-0.25, -0.2) is 4.98 Å². The van der Waals surface area contributed by atoms with E-state index >= 15 is 0 Å². The van der Waals surface area contributed by atoms with Crippen molar-refractivity contribution in [1.29, 1.82) is 0 Å². The maximum absolute atomic E-state index is 5.08. The second kappa shape index (κ2) is 7.22. The van der Waals surface area contributed by atoms with E-state index in [0.29, 0.717) is 0 Å². The number of imidazole rings is 1.